The summed E-state index contributed by atoms with van der Waals surface area (Å²) in [6, 6.07) is 10.2. The molecular weight excluding hydrogens is 346 g/mol. The second-order valence-electron chi connectivity index (χ2n) is 6.33. The van der Waals surface area contributed by atoms with Crippen LogP contribution < -0.4 is 0 Å². The molecule has 26 heavy (non-hydrogen) atoms. The normalized spacial score (nSPS) is 12.9. The van der Waals surface area contributed by atoms with Crippen LogP contribution in [0.2, 0.25) is 0 Å². The van der Waals surface area contributed by atoms with E-state index in [4.69, 9.17) is 0 Å². The summed E-state index contributed by atoms with van der Waals surface area (Å²) in [7, 11) is 0. The first-order valence-electron chi connectivity index (χ1n) is 8.04. The van der Waals surface area contributed by atoms with Gasteiger partial charge >= 0.3 is 0 Å². The van der Waals surface area contributed by atoms with Crippen molar-refractivity contribution in [3.8, 4) is 23.3 Å². The Morgan fingerprint density at radius 3 is 2.50 bits per heavy atom. The van der Waals surface area contributed by atoms with E-state index in [2.05, 4.69) is 6.07 Å². The fraction of sp³-hybridized carbons (Fsp3) is 0.0952. The van der Waals surface area contributed by atoms with Crippen LogP contribution in [0, 0.1) is 18.3 Å². The molecule has 1 aliphatic rings. The van der Waals surface area contributed by atoms with Gasteiger partial charge in [0.1, 0.15) is 23.3 Å². The summed E-state index contributed by atoms with van der Waals surface area (Å²) in [6.07, 6.45) is 0.579. The van der Waals surface area contributed by atoms with Crippen molar-refractivity contribution in [1.82, 2.24) is 0 Å². The highest BCUT2D eigenvalue weighted by Crippen LogP contribution is 2.48. The third-order valence-corrected chi connectivity index (χ3v) is 5.48. The first-order valence-corrected chi connectivity index (χ1v) is 8.99. The molecule has 4 nitrogen and oxygen atoms in total. The molecule has 0 saturated heterocycles. The number of phenolic OH excluding ortho intramolecular Hbond substituents is 3. The Morgan fingerprint density at radius 2 is 1.77 bits per heavy atom. The zero-order chi connectivity index (χ0) is 18.4. The Morgan fingerprint density at radius 1 is 0.962 bits per heavy atom. The summed E-state index contributed by atoms with van der Waals surface area (Å²) in [5.74, 6) is 0.149. The molecule has 0 bridgehead atoms. The number of allylic oxidation sites excluding steroid dienone is 1. The van der Waals surface area contributed by atoms with Crippen LogP contribution in [0.3, 0.4) is 0 Å². The Labute approximate surface area is 154 Å². The lowest BCUT2D eigenvalue weighted by molar-refractivity contribution is 0.449. The second-order valence-corrected chi connectivity index (χ2v) is 7.08. The number of hydrogen-bond donors (Lipinski definition) is 3. The average Bonchev–Trinajstić information content (AvgIpc) is 3.18. The molecule has 4 rings (SSSR count). The largest absolute Gasteiger partial charge is 0.508 e. The molecule has 1 heterocycles. The first kappa shape index (κ1) is 16.2. The molecule has 128 valence electrons. The molecule has 3 aromatic rings. The van der Waals surface area contributed by atoms with Gasteiger partial charge in [0.2, 0.25) is 0 Å². The van der Waals surface area contributed by atoms with Crippen molar-refractivity contribution in [3.63, 3.8) is 0 Å². The Balaban J connectivity index is 2.05. The summed E-state index contributed by atoms with van der Waals surface area (Å²) in [5.41, 5.74) is 6.59. The number of rotatable bonds is 2. The number of nitrogens with zero attached hydrogens (tertiary/aromatic N) is 1. The van der Waals surface area contributed by atoms with Gasteiger partial charge in [0.05, 0.1) is 5.56 Å². The lowest BCUT2D eigenvalue weighted by Gasteiger charge is -2.11. The van der Waals surface area contributed by atoms with Gasteiger partial charge in [-0.05, 0) is 70.8 Å². The van der Waals surface area contributed by atoms with Gasteiger partial charge in [0.25, 0.3) is 0 Å². The van der Waals surface area contributed by atoms with Crippen molar-refractivity contribution in [2.24, 2.45) is 0 Å². The van der Waals surface area contributed by atoms with E-state index in [9.17, 15) is 20.6 Å². The van der Waals surface area contributed by atoms with E-state index in [1.54, 1.807) is 23.6 Å². The van der Waals surface area contributed by atoms with E-state index in [-0.39, 0.29) is 17.2 Å². The fourth-order valence-corrected chi connectivity index (χ4v) is 4.34. The Kier molecular flexibility index (Phi) is 3.71. The minimum atomic E-state index is -0.0130. The molecule has 0 fully saturated rings. The first-order chi connectivity index (χ1) is 12.5. The van der Waals surface area contributed by atoms with E-state index in [0.717, 1.165) is 33.4 Å². The Bertz CT molecular complexity index is 1120. The molecule has 0 spiro atoms. The van der Waals surface area contributed by atoms with E-state index >= 15 is 0 Å². The highest BCUT2D eigenvalue weighted by molar-refractivity contribution is 7.08. The number of aromatic hydroxyl groups is 3. The van der Waals surface area contributed by atoms with Crippen molar-refractivity contribution < 1.29 is 15.3 Å². The zero-order valence-electron chi connectivity index (χ0n) is 13.9. The molecule has 0 unspecified atom stereocenters. The second kappa shape index (κ2) is 5.94. The van der Waals surface area contributed by atoms with Crippen LogP contribution >= 0.6 is 11.3 Å². The smallest absolute Gasteiger partial charge is 0.126 e. The standard InChI is InChI=1S/C21H15NO3S/c1-11-4-14(24)5-17-16(11)7-18(15-3-2-13(23)6-20(15)25)21(17)19-10-26-9-12(19)8-22/h2-6,9-10,23-25H,7H2,1H3. The number of aryl methyl sites for hydroxylation is 1. The van der Waals surface area contributed by atoms with Crippen molar-refractivity contribution in [2.75, 3.05) is 0 Å². The summed E-state index contributed by atoms with van der Waals surface area (Å²) in [4.78, 5) is 0. The van der Waals surface area contributed by atoms with Crippen LogP contribution in [0.4, 0.5) is 0 Å². The lowest BCUT2D eigenvalue weighted by Crippen LogP contribution is -1.91. The predicted molar refractivity (Wildman–Crippen MR) is 101 cm³/mol. The number of hydrogen-bond acceptors (Lipinski definition) is 5. The molecule has 1 aliphatic carbocycles. The highest BCUT2D eigenvalue weighted by atomic mass is 32.1. The monoisotopic (exact) mass is 361 g/mol. The van der Waals surface area contributed by atoms with Gasteiger partial charge < -0.3 is 15.3 Å². The molecule has 0 radical (unpaired) electrons. The van der Waals surface area contributed by atoms with Gasteiger partial charge in [-0.15, -0.1) is 0 Å². The van der Waals surface area contributed by atoms with Gasteiger partial charge in [-0.1, -0.05) is 0 Å². The number of thiophene rings is 1. The van der Waals surface area contributed by atoms with Crippen LogP contribution in [0.25, 0.3) is 11.1 Å². The number of benzene rings is 2. The van der Waals surface area contributed by atoms with E-state index < -0.39 is 0 Å². The van der Waals surface area contributed by atoms with E-state index in [1.165, 1.54) is 23.5 Å². The Hall–Kier alpha value is -3.23. The van der Waals surface area contributed by atoms with Gasteiger partial charge in [-0.3, -0.25) is 0 Å². The van der Waals surface area contributed by atoms with Crippen molar-refractivity contribution >= 4 is 22.5 Å². The van der Waals surface area contributed by atoms with Gasteiger partial charge in [0, 0.05) is 22.6 Å². The van der Waals surface area contributed by atoms with Crippen molar-refractivity contribution in [3.05, 3.63) is 74.5 Å². The third kappa shape index (κ3) is 2.43. The third-order valence-electron chi connectivity index (χ3n) is 4.74. The summed E-state index contributed by atoms with van der Waals surface area (Å²) >= 11 is 1.44. The highest BCUT2D eigenvalue weighted by Gasteiger charge is 2.29. The van der Waals surface area contributed by atoms with Crippen LogP contribution in [-0.4, -0.2) is 15.3 Å². The summed E-state index contributed by atoms with van der Waals surface area (Å²) in [6.45, 7) is 1.94. The number of nitriles is 1. The quantitative estimate of drug-likeness (QED) is 0.625. The van der Waals surface area contributed by atoms with Gasteiger partial charge in [0.15, 0.2) is 0 Å². The lowest BCUT2D eigenvalue weighted by atomic mass is 9.93. The summed E-state index contributed by atoms with van der Waals surface area (Å²) in [5, 5.41) is 43.3. The molecule has 0 atom stereocenters. The van der Waals surface area contributed by atoms with Crippen molar-refractivity contribution in [2.45, 2.75) is 13.3 Å². The van der Waals surface area contributed by atoms with Crippen molar-refractivity contribution in [1.29, 1.82) is 5.26 Å². The van der Waals surface area contributed by atoms with Crippen LogP contribution in [-0.2, 0) is 6.42 Å². The van der Waals surface area contributed by atoms with Crippen LogP contribution in [0.5, 0.6) is 17.2 Å². The predicted octanol–water partition coefficient (Wildman–Crippen LogP) is 4.56. The minimum Gasteiger partial charge on any atom is -0.508 e. The molecule has 2 aromatic carbocycles. The molecule has 3 N–H and O–H groups in total. The van der Waals surface area contributed by atoms with E-state index in [0.29, 0.717) is 17.5 Å². The molecule has 5 heteroatoms. The maximum Gasteiger partial charge on any atom is 0.126 e. The minimum absolute atomic E-state index is 0.00835. The fourth-order valence-electron chi connectivity index (χ4n) is 3.57. The number of fused-ring (bicyclic) bond motifs is 1. The molecular formula is C21H15NO3S. The number of phenols is 3. The average molecular weight is 361 g/mol. The molecule has 0 aliphatic heterocycles. The zero-order valence-corrected chi connectivity index (χ0v) is 14.8. The molecule has 0 amide bonds. The molecule has 0 saturated carbocycles. The topological polar surface area (TPSA) is 84.5 Å². The van der Waals surface area contributed by atoms with Crippen LogP contribution in [0.1, 0.15) is 33.4 Å². The van der Waals surface area contributed by atoms with E-state index in [1.807, 2.05) is 12.3 Å². The molecule has 1 aromatic heterocycles. The maximum absolute atomic E-state index is 10.4. The van der Waals surface area contributed by atoms with Gasteiger partial charge in [-0.25, -0.2) is 0 Å². The summed E-state index contributed by atoms with van der Waals surface area (Å²) < 4.78 is 0. The van der Waals surface area contributed by atoms with Gasteiger partial charge in [-0.2, -0.15) is 16.6 Å². The maximum atomic E-state index is 10.4. The SMILES string of the molecule is Cc1cc(O)cc2c1CC(c1ccc(O)cc1O)=C2c1cscc1C#N. The van der Waals surface area contributed by atoms with Crippen LogP contribution in [0.15, 0.2) is 41.1 Å².